The molecule has 1 atom stereocenters. The first-order valence-electron chi connectivity index (χ1n) is 4.93. The molecule has 1 aromatic rings. The van der Waals surface area contributed by atoms with Crippen LogP contribution in [0, 0.1) is 0 Å². The smallest absolute Gasteiger partial charge is 0.358 e. The Morgan fingerprint density at radius 1 is 1.50 bits per heavy atom. The van der Waals surface area contributed by atoms with Crippen LogP contribution in [0.2, 0.25) is 0 Å². The van der Waals surface area contributed by atoms with Crippen molar-refractivity contribution in [2.75, 3.05) is 6.61 Å². The maximum absolute atomic E-state index is 10.9. The van der Waals surface area contributed by atoms with Crippen molar-refractivity contribution >= 4 is 5.97 Å². The van der Waals surface area contributed by atoms with E-state index in [1.807, 2.05) is 13.8 Å². The van der Waals surface area contributed by atoms with Crippen molar-refractivity contribution < 1.29 is 20.1 Å². The number of aliphatic hydroxyl groups excluding tert-OH is 2. The first-order valence-corrected chi connectivity index (χ1v) is 4.93. The summed E-state index contributed by atoms with van der Waals surface area (Å²) in [6, 6.07) is 0. The summed E-state index contributed by atoms with van der Waals surface area (Å²) < 4.78 is 1.31. The number of hydrogen-bond donors (Lipinski definition) is 3. The molecular formula is C9H15N3O4. The van der Waals surface area contributed by atoms with Crippen molar-refractivity contribution in [1.82, 2.24) is 15.0 Å². The zero-order valence-electron chi connectivity index (χ0n) is 9.16. The summed E-state index contributed by atoms with van der Waals surface area (Å²) in [4.78, 5) is 10.9. The number of aliphatic hydroxyl groups is 2. The number of rotatable bonds is 5. The van der Waals surface area contributed by atoms with E-state index < -0.39 is 18.7 Å². The molecule has 7 heteroatoms. The Labute approximate surface area is 92.3 Å². The van der Waals surface area contributed by atoms with E-state index >= 15 is 0 Å². The second kappa shape index (κ2) is 5.04. The van der Waals surface area contributed by atoms with Crippen molar-refractivity contribution in [3.05, 3.63) is 11.4 Å². The summed E-state index contributed by atoms with van der Waals surface area (Å²) in [5.74, 6) is -1.22. The van der Waals surface area contributed by atoms with Crippen molar-refractivity contribution in [1.29, 1.82) is 0 Å². The molecule has 0 saturated carbocycles. The fraction of sp³-hybridized carbons (Fsp3) is 0.667. The van der Waals surface area contributed by atoms with Crippen molar-refractivity contribution in [2.45, 2.75) is 32.4 Å². The van der Waals surface area contributed by atoms with Gasteiger partial charge in [-0.25, -0.2) is 9.48 Å². The molecule has 0 aliphatic rings. The van der Waals surface area contributed by atoms with Gasteiger partial charge in [0.2, 0.25) is 0 Å². The molecule has 0 aliphatic heterocycles. The Bertz CT molecular complexity index is 375. The normalized spacial score (nSPS) is 13.1. The number of carboxylic acid groups (broad SMARTS) is 1. The van der Waals surface area contributed by atoms with E-state index in [4.69, 9.17) is 10.2 Å². The summed E-state index contributed by atoms with van der Waals surface area (Å²) in [5, 5.41) is 34.1. The lowest BCUT2D eigenvalue weighted by atomic mass is 10.1. The highest BCUT2D eigenvalue weighted by molar-refractivity contribution is 5.86. The molecule has 16 heavy (non-hydrogen) atoms. The van der Waals surface area contributed by atoms with Gasteiger partial charge in [-0.1, -0.05) is 19.1 Å². The Hall–Kier alpha value is -1.47. The van der Waals surface area contributed by atoms with Gasteiger partial charge >= 0.3 is 5.97 Å². The standard InChI is InChI=1S/C9H15N3O4/c1-5(2)8-7(9(15)16)10-11-12(8)3-6(14)4-13/h5-6,13-14H,3-4H2,1-2H3,(H,15,16). The Morgan fingerprint density at radius 3 is 2.56 bits per heavy atom. The predicted molar refractivity (Wildman–Crippen MR) is 54.2 cm³/mol. The Balaban J connectivity index is 3.05. The van der Waals surface area contributed by atoms with Crippen molar-refractivity contribution in [2.24, 2.45) is 0 Å². The van der Waals surface area contributed by atoms with Crippen molar-refractivity contribution in [3.63, 3.8) is 0 Å². The van der Waals surface area contributed by atoms with Gasteiger partial charge in [0.25, 0.3) is 0 Å². The highest BCUT2D eigenvalue weighted by atomic mass is 16.4. The molecule has 1 rings (SSSR count). The van der Waals surface area contributed by atoms with E-state index in [2.05, 4.69) is 10.3 Å². The van der Waals surface area contributed by atoms with Crippen LogP contribution in [-0.4, -0.2) is 49.0 Å². The monoisotopic (exact) mass is 229 g/mol. The van der Waals surface area contributed by atoms with Crippen LogP contribution >= 0.6 is 0 Å². The molecular weight excluding hydrogens is 214 g/mol. The Kier molecular flexibility index (Phi) is 3.97. The summed E-state index contributed by atoms with van der Waals surface area (Å²) in [6.45, 7) is 3.25. The number of hydrogen-bond acceptors (Lipinski definition) is 5. The number of aromatic nitrogens is 3. The lowest BCUT2D eigenvalue weighted by Gasteiger charge is -2.12. The third-order valence-corrected chi connectivity index (χ3v) is 2.12. The maximum Gasteiger partial charge on any atom is 0.358 e. The first-order chi connectivity index (χ1) is 7.47. The lowest BCUT2D eigenvalue weighted by Crippen LogP contribution is -2.22. The van der Waals surface area contributed by atoms with E-state index in [0.29, 0.717) is 5.69 Å². The van der Waals surface area contributed by atoms with E-state index in [-0.39, 0.29) is 18.2 Å². The zero-order valence-corrected chi connectivity index (χ0v) is 9.16. The summed E-state index contributed by atoms with van der Waals surface area (Å²) in [6.07, 6.45) is -0.971. The third-order valence-electron chi connectivity index (χ3n) is 2.12. The van der Waals surface area contributed by atoms with Gasteiger partial charge in [-0.05, 0) is 5.92 Å². The topological polar surface area (TPSA) is 108 Å². The molecule has 7 nitrogen and oxygen atoms in total. The van der Waals surface area contributed by atoms with Crippen LogP contribution in [-0.2, 0) is 6.54 Å². The molecule has 0 amide bonds. The largest absolute Gasteiger partial charge is 0.476 e. The number of nitrogens with zero attached hydrogens (tertiary/aromatic N) is 3. The molecule has 1 heterocycles. The fourth-order valence-corrected chi connectivity index (χ4v) is 1.44. The fourth-order valence-electron chi connectivity index (χ4n) is 1.44. The molecule has 0 spiro atoms. The second-order valence-electron chi connectivity index (χ2n) is 3.80. The second-order valence-corrected chi connectivity index (χ2v) is 3.80. The maximum atomic E-state index is 10.9. The molecule has 1 unspecified atom stereocenters. The van der Waals surface area contributed by atoms with Crippen LogP contribution in [0.5, 0.6) is 0 Å². The molecule has 3 N–H and O–H groups in total. The van der Waals surface area contributed by atoms with Gasteiger partial charge in [0.05, 0.1) is 24.9 Å². The van der Waals surface area contributed by atoms with Crippen molar-refractivity contribution in [3.8, 4) is 0 Å². The van der Waals surface area contributed by atoms with Gasteiger partial charge in [-0.3, -0.25) is 0 Å². The molecule has 0 aliphatic carbocycles. The molecule has 0 fully saturated rings. The number of carboxylic acids is 1. The third kappa shape index (κ3) is 2.56. The van der Waals surface area contributed by atoms with Gasteiger partial charge in [0, 0.05) is 0 Å². The van der Waals surface area contributed by atoms with Crippen LogP contribution in [0.3, 0.4) is 0 Å². The predicted octanol–water partition coefficient (Wildman–Crippen LogP) is -0.547. The minimum absolute atomic E-state index is 0.0320. The van der Waals surface area contributed by atoms with Gasteiger partial charge in [0.1, 0.15) is 0 Å². The SMILES string of the molecule is CC(C)c1c(C(=O)O)nnn1CC(O)CO. The highest BCUT2D eigenvalue weighted by Crippen LogP contribution is 2.17. The van der Waals surface area contributed by atoms with Crippen LogP contribution in [0.25, 0.3) is 0 Å². The van der Waals surface area contributed by atoms with E-state index in [1.54, 1.807) is 0 Å². The van der Waals surface area contributed by atoms with Gasteiger partial charge in [-0.2, -0.15) is 0 Å². The quantitative estimate of drug-likeness (QED) is 0.625. The minimum atomic E-state index is -1.14. The van der Waals surface area contributed by atoms with Crippen LogP contribution in [0.1, 0.15) is 35.9 Å². The number of aromatic carboxylic acids is 1. The summed E-state index contributed by atoms with van der Waals surface area (Å²) >= 11 is 0. The van der Waals surface area contributed by atoms with Crippen LogP contribution in [0.4, 0.5) is 0 Å². The van der Waals surface area contributed by atoms with Gasteiger partial charge in [-0.15, -0.1) is 5.10 Å². The van der Waals surface area contributed by atoms with Crippen LogP contribution in [0.15, 0.2) is 0 Å². The number of carbonyl (C=O) groups is 1. The summed E-state index contributed by atoms with van der Waals surface area (Å²) in [7, 11) is 0. The average Bonchev–Trinajstić information content (AvgIpc) is 2.61. The van der Waals surface area contributed by atoms with Crippen LogP contribution < -0.4 is 0 Å². The Morgan fingerprint density at radius 2 is 2.12 bits per heavy atom. The van der Waals surface area contributed by atoms with Gasteiger partial charge in [0.15, 0.2) is 5.69 Å². The highest BCUT2D eigenvalue weighted by Gasteiger charge is 2.22. The minimum Gasteiger partial charge on any atom is -0.476 e. The first kappa shape index (κ1) is 12.6. The molecule has 0 bridgehead atoms. The summed E-state index contributed by atoms with van der Waals surface area (Å²) in [5.41, 5.74) is 0.333. The lowest BCUT2D eigenvalue weighted by molar-refractivity contribution is 0.0686. The molecule has 0 saturated heterocycles. The van der Waals surface area contributed by atoms with E-state index in [9.17, 15) is 9.90 Å². The van der Waals surface area contributed by atoms with E-state index in [0.717, 1.165) is 0 Å². The molecule has 0 radical (unpaired) electrons. The molecule has 0 aromatic carbocycles. The molecule has 90 valence electrons. The van der Waals surface area contributed by atoms with E-state index in [1.165, 1.54) is 4.68 Å². The molecule has 1 aromatic heterocycles. The average molecular weight is 229 g/mol. The zero-order chi connectivity index (χ0) is 12.3. The van der Waals surface area contributed by atoms with Gasteiger partial charge < -0.3 is 15.3 Å².